The summed E-state index contributed by atoms with van der Waals surface area (Å²) < 4.78 is 12.0. The Morgan fingerprint density at radius 2 is 2.00 bits per heavy atom. The summed E-state index contributed by atoms with van der Waals surface area (Å²) in [7, 11) is 1.65. The van der Waals surface area contributed by atoms with Gasteiger partial charge in [0.15, 0.2) is 0 Å². The van der Waals surface area contributed by atoms with Crippen LogP contribution in [0.3, 0.4) is 0 Å². The minimum absolute atomic E-state index is 0.231. The second-order valence-corrected chi connectivity index (χ2v) is 6.07. The lowest BCUT2D eigenvalue weighted by atomic mass is 10.0. The second-order valence-electron chi connectivity index (χ2n) is 4.72. The van der Waals surface area contributed by atoms with Crippen LogP contribution in [0.2, 0.25) is 0 Å². The molecule has 1 unspecified atom stereocenters. The third kappa shape index (κ3) is 2.52. The van der Waals surface area contributed by atoms with Crippen molar-refractivity contribution in [2.45, 2.75) is 11.8 Å². The summed E-state index contributed by atoms with van der Waals surface area (Å²) in [5.74, 6) is 1.76. The minimum atomic E-state index is -0.231. The molecule has 0 N–H and O–H groups in total. The fraction of sp³-hybridized carbons (Fsp3) is 0.250. The smallest absolute Gasteiger partial charge is 0.127 e. The SMILES string of the molecule is COc1ccc(C(Cl)c2cc(Br)cc3c2OCC3)cc1. The van der Waals surface area contributed by atoms with E-state index in [4.69, 9.17) is 21.1 Å². The van der Waals surface area contributed by atoms with E-state index in [0.717, 1.165) is 40.1 Å². The molecule has 0 radical (unpaired) electrons. The second kappa shape index (κ2) is 5.66. The van der Waals surface area contributed by atoms with E-state index in [9.17, 15) is 0 Å². The molecule has 3 rings (SSSR count). The molecule has 0 spiro atoms. The number of halogens is 2. The monoisotopic (exact) mass is 352 g/mol. The summed E-state index contributed by atoms with van der Waals surface area (Å²) in [6.45, 7) is 0.727. The van der Waals surface area contributed by atoms with Crippen molar-refractivity contribution in [1.82, 2.24) is 0 Å². The summed E-state index contributed by atoms with van der Waals surface area (Å²) in [5, 5.41) is -0.231. The lowest BCUT2D eigenvalue weighted by molar-refractivity contribution is 0.353. The van der Waals surface area contributed by atoms with Gasteiger partial charge in [0.05, 0.1) is 19.1 Å². The van der Waals surface area contributed by atoms with E-state index in [-0.39, 0.29) is 5.38 Å². The van der Waals surface area contributed by atoms with Gasteiger partial charge >= 0.3 is 0 Å². The molecule has 0 aromatic heterocycles. The van der Waals surface area contributed by atoms with Crippen LogP contribution in [0.4, 0.5) is 0 Å². The van der Waals surface area contributed by atoms with Crippen molar-refractivity contribution in [1.29, 1.82) is 0 Å². The first-order valence-corrected chi connectivity index (χ1v) is 7.65. The summed E-state index contributed by atoms with van der Waals surface area (Å²) in [6, 6.07) is 11.9. The molecule has 4 heteroatoms. The van der Waals surface area contributed by atoms with E-state index in [2.05, 4.69) is 22.0 Å². The van der Waals surface area contributed by atoms with Gasteiger partial charge in [0.25, 0.3) is 0 Å². The highest BCUT2D eigenvalue weighted by atomic mass is 79.9. The maximum Gasteiger partial charge on any atom is 0.127 e. The van der Waals surface area contributed by atoms with Crippen molar-refractivity contribution in [3.8, 4) is 11.5 Å². The first-order chi connectivity index (χ1) is 9.69. The van der Waals surface area contributed by atoms with E-state index in [1.54, 1.807) is 7.11 Å². The van der Waals surface area contributed by atoms with Crippen LogP contribution in [0, 0.1) is 0 Å². The molecule has 0 aliphatic carbocycles. The third-order valence-electron chi connectivity index (χ3n) is 3.46. The van der Waals surface area contributed by atoms with Gasteiger partial charge in [-0.15, -0.1) is 11.6 Å². The fourth-order valence-electron chi connectivity index (χ4n) is 2.44. The van der Waals surface area contributed by atoms with Crippen molar-refractivity contribution < 1.29 is 9.47 Å². The number of fused-ring (bicyclic) bond motifs is 1. The highest BCUT2D eigenvalue weighted by Crippen LogP contribution is 2.41. The molecule has 104 valence electrons. The van der Waals surface area contributed by atoms with Gasteiger partial charge in [-0.25, -0.2) is 0 Å². The summed E-state index contributed by atoms with van der Waals surface area (Å²) in [5.41, 5.74) is 3.26. The van der Waals surface area contributed by atoms with Crippen LogP contribution in [0.1, 0.15) is 22.1 Å². The van der Waals surface area contributed by atoms with Gasteiger partial charge in [-0.05, 0) is 35.4 Å². The lowest BCUT2D eigenvalue weighted by Gasteiger charge is -2.15. The average molecular weight is 354 g/mol. The van der Waals surface area contributed by atoms with Crippen LogP contribution in [0.5, 0.6) is 11.5 Å². The van der Waals surface area contributed by atoms with Gasteiger partial charge in [0, 0.05) is 16.5 Å². The maximum absolute atomic E-state index is 6.64. The van der Waals surface area contributed by atoms with Crippen molar-refractivity contribution in [3.63, 3.8) is 0 Å². The third-order valence-corrected chi connectivity index (χ3v) is 4.40. The maximum atomic E-state index is 6.64. The molecule has 2 nitrogen and oxygen atoms in total. The molecule has 0 saturated heterocycles. The van der Waals surface area contributed by atoms with E-state index in [1.807, 2.05) is 30.3 Å². The molecule has 1 aliphatic heterocycles. The van der Waals surface area contributed by atoms with E-state index >= 15 is 0 Å². The first kappa shape index (κ1) is 13.8. The molecule has 1 atom stereocenters. The number of hydrogen-bond donors (Lipinski definition) is 0. The molecular weight excluding hydrogens is 340 g/mol. The molecule has 2 aromatic rings. The van der Waals surface area contributed by atoms with Gasteiger partial charge in [0.1, 0.15) is 11.5 Å². The van der Waals surface area contributed by atoms with Crippen LogP contribution in [-0.2, 0) is 6.42 Å². The zero-order chi connectivity index (χ0) is 14.1. The van der Waals surface area contributed by atoms with Crippen LogP contribution in [0.25, 0.3) is 0 Å². The molecule has 0 saturated carbocycles. The number of ether oxygens (including phenoxy) is 2. The van der Waals surface area contributed by atoms with Gasteiger partial charge in [-0.3, -0.25) is 0 Å². The summed E-state index contributed by atoms with van der Waals surface area (Å²) >= 11 is 10.2. The average Bonchev–Trinajstić information content (AvgIpc) is 2.94. The number of rotatable bonds is 3. The Balaban J connectivity index is 1.99. The Labute approximate surface area is 131 Å². The van der Waals surface area contributed by atoms with Gasteiger partial charge in [0.2, 0.25) is 0 Å². The zero-order valence-electron chi connectivity index (χ0n) is 11.0. The molecule has 0 amide bonds. The molecule has 1 heterocycles. The highest BCUT2D eigenvalue weighted by molar-refractivity contribution is 9.10. The summed E-state index contributed by atoms with van der Waals surface area (Å²) in [6.07, 6.45) is 0.938. The Kier molecular flexibility index (Phi) is 3.90. The number of alkyl halides is 1. The predicted octanol–water partition coefficient (Wildman–Crippen LogP) is 4.72. The zero-order valence-corrected chi connectivity index (χ0v) is 13.4. The van der Waals surface area contributed by atoms with Crippen molar-refractivity contribution in [2.24, 2.45) is 0 Å². The highest BCUT2D eigenvalue weighted by Gasteiger charge is 2.23. The normalized spacial score (nSPS) is 14.6. The van der Waals surface area contributed by atoms with E-state index in [0.29, 0.717) is 0 Å². The van der Waals surface area contributed by atoms with Crippen molar-refractivity contribution in [2.75, 3.05) is 13.7 Å². The fourth-order valence-corrected chi connectivity index (χ4v) is 3.27. The summed E-state index contributed by atoms with van der Waals surface area (Å²) in [4.78, 5) is 0. The Hall–Kier alpha value is -1.19. The molecule has 2 aromatic carbocycles. The van der Waals surface area contributed by atoms with Gasteiger partial charge in [-0.2, -0.15) is 0 Å². The van der Waals surface area contributed by atoms with Crippen LogP contribution in [0.15, 0.2) is 40.9 Å². The minimum Gasteiger partial charge on any atom is -0.497 e. The van der Waals surface area contributed by atoms with Gasteiger partial charge in [-0.1, -0.05) is 28.1 Å². The molecule has 0 bridgehead atoms. The van der Waals surface area contributed by atoms with E-state index < -0.39 is 0 Å². The van der Waals surface area contributed by atoms with Crippen LogP contribution in [-0.4, -0.2) is 13.7 Å². The molecular formula is C16H14BrClO2. The van der Waals surface area contributed by atoms with E-state index in [1.165, 1.54) is 5.56 Å². The Bertz CT molecular complexity index is 625. The predicted molar refractivity (Wildman–Crippen MR) is 84.0 cm³/mol. The molecule has 20 heavy (non-hydrogen) atoms. The molecule has 0 fully saturated rings. The quantitative estimate of drug-likeness (QED) is 0.743. The lowest BCUT2D eigenvalue weighted by Crippen LogP contribution is -1.98. The standard InChI is InChI=1S/C16H14BrClO2/c1-19-13-4-2-10(3-5-13)15(18)14-9-12(17)8-11-6-7-20-16(11)14/h2-5,8-9,15H,6-7H2,1H3. The first-order valence-electron chi connectivity index (χ1n) is 6.42. The van der Waals surface area contributed by atoms with Crippen molar-refractivity contribution >= 4 is 27.5 Å². The Morgan fingerprint density at radius 1 is 1.25 bits per heavy atom. The molecule has 1 aliphatic rings. The van der Waals surface area contributed by atoms with Crippen LogP contribution >= 0.6 is 27.5 Å². The number of hydrogen-bond acceptors (Lipinski definition) is 2. The van der Waals surface area contributed by atoms with Crippen LogP contribution < -0.4 is 9.47 Å². The number of benzene rings is 2. The largest absolute Gasteiger partial charge is 0.497 e. The number of methoxy groups -OCH3 is 1. The topological polar surface area (TPSA) is 18.5 Å². The van der Waals surface area contributed by atoms with Gasteiger partial charge < -0.3 is 9.47 Å². The van der Waals surface area contributed by atoms with Crippen molar-refractivity contribution in [3.05, 3.63) is 57.6 Å². The Morgan fingerprint density at radius 3 is 2.70 bits per heavy atom.